The maximum Gasteiger partial charge on any atom is 0.306 e. The predicted octanol–water partition coefficient (Wildman–Crippen LogP) is 10.9. The predicted molar refractivity (Wildman–Crippen MR) is 217 cm³/mol. The number of primary amides is 1. The summed E-state index contributed by atoms with van der Waals surface area (Å²) in [4.78, 5) is 39.5. The minimum atomic E-state index is -1.31. The molecule has 1 amide bonds. The van der Waals surface area contributed by atoms with Crippen molar-refractivity contribution in [2.45, 2.75) is 206 Å². The van der Waals surface area contributed by atoms with Crippen LogP contribution in [0, 0.1) is 0 Å². The van der Waals surface area contributed by atoms with E-state index in [-0.39, 0.29) is 25.6 Å². The standard InChI is InChI=1S/C44H82N2O6/c1-5-7-9-11-13-15-17-19-21-23-25-27-29-31-33-35-41(47)51-39-40(50-38-37-46(3)4)43(44(45)49)52-42(48)36-34-32-30-28-26-24-22-20-18-16-14-12-10-8-6-2/h19-22,40,43H,5-18,23-39H2,1-4H3,(H2,45,49)/b21-19-,22-20-. The van der Waals surface area contributed by atoms with Crippen LogP contribution >= 0.6 is 0 Å². The van der Waals surface area contributed by atoms with Crippen molar-refractivity contribution in [3.05, 3.63) is 24.3 Å². The zero-order valence-electron chi connectivity index (χ0n) is 34.4. The number of carbonyl (C=O) groups excluding carboxylic acids is 3. The van der Waals surface area contributed by atoms with Gasteiger partial charge in [-0.3, -0.25) is 14.4 Å². The Morgan fingerprint density at radius 2 is 0.942 bits per heavy atom. The lowest BCUT2D eigenvalue weighted by atomic mass is 10.1. The van der Waals surface area contributed by atoms with Crippen molar-refractivity contribution in [1.82, 2.24) is 4.90 Å². The number of unbranched alkanes of at least 4 members (excludes halogenated alkanes) is 22. The van der Waals surface area contributed by atoms with Gasteiger partial charge in [0, 0.05) is 19.4 Å². The number of ether oxygens (including phenoxy) is 3. The van der Waals surface area contributed by atoms with Gasteiger partial charge in [0.05, 0.1) is 6.61 Å². The van der Waals surface area contributed by atoms with Crippen molar-refractivity contribution in [2.75, 3.05) is 33.9 Å². The molecule has 0 aliphatic carbocycles. The second-order valence-electron chi connectivity index (χ2n) is 14.9. The third kappa shape index (κ3) is 34.9. The van der Waals surface area contributed by atoms with Gasteiger partial charge in [-0.15, -0.1) is 0 Å². The number of amides is 1. The molecule has 0 fully saturated rings. The lowest BCUT2D eigenvalue weighted by Crippen LogP contribution is -2.47. The highest BCUT2D eigenvalue weighted by Crippen LogP contribution is 2.14. The summed E-state index contributed by atoms with van der Waals surface area (Å²) >= 11 is 0. The summed E-state index contributed by atoms with van der Waals surface area (Å²) in [7, 11) is 3.82. The molecule has 0 aliphatic heterocycles. The third-order valence-electron chi connectivity index (χ3n) is 9.44. The number of hydrogen-bond donors (Lipinski definition) is 1. The van der Waals surface area contributed by atoms with Crippen molar-refractivity contribution >= 4 is 17.8 Å². The molecule has 0 aliphatic rings. The smallest absolute Gasteiger partial charge is 0.306 e. The first-order chi connectivity index (χ1) is 25.3. The Hall–Kier alpha value is -2.19. The molecule has 0 aromatic rings. The highest BCUT2D eigenvalue weighted by Gasteiger charge is 2.32. The fraction of sp³-hybridized carbons (Fsp3) is 0.841. The van der Waals surface area contributed by atoms with Crippen LogP contribution in [0.15, 0.2) is 24.3 Å². The van der Waals surface area contributed by atoms with Gasteiger partial charge >= 0.3 is 11.9 Å². The van der Waals surface area contributed by atoms with Crippen LogP contribution in [0.5, 0.6) is 0 Å². The van der Waals surface area contributed by atoms with Crippen LogP contribution in [0.4, 0.5) is 0 Å². The first-order valence-electron chi connectivity index (χ1n) is 21.5. The molecule has 0 saturated carbocycles. The van der Waals surface area contributed by atoms with Crippen molar-refractivity contribution in [2.24, 2.45) is 5.73 Å². The summed E-state index contributed by atoms with van der Waals surface area (Å²) in [6, 6.07) is 0. The fourth-order valence-electron chi connectivity index (χ4n) is 6.05. The molecule has 2 atom stereocenters. The van der Waals surface area contributed by atoms with Crippen LogP contribution in [-0.2, 0) is 28.6 Å². The quantitative estimate of drug-likeness (QED) is 0.0380. The van der Waals surface area contributed by atoms with Gasteiger partial charge in [-0.05, 0) is 78.3 Å². The lowest BCUT2D eigenvalue weighted by Gasteiger charge is -2.25. The zero-order chi connectivity index (χ0) is 38.3. The number of likely N-dealkylation sites (N-methyl/N-ethyl adjacent to an activating group) is 1. The number of allylic oxidation sites excluding steroid dienone is 4. The molecule has 0 heterocycles. The molecule has 0 rings (SSSR count). The summed E-state index contributed by atoms with van der Waals surface area (Å²) in [6.45, 7) is 5.18. The van der Waals surface area contributed by atoms with Crippen molar-refractivity contribution in [1.29, 1.82) is 0 Å². The normalized spacial score (nSPS) is 12.9. The number of rotatable bonds is 39. The van der Waals surface area contributed by atoms with Crippen molar-refractivity contribution in [3.8, 4) is 0 Å². The summed E-state index contributed by atoms with van der Waals surface area (Å²) < 4.78 is 16.9. The Morgan fingerprint density at radius 3 is 1.35 bits per heavy atom. The summed E-state index contributed by atoms with van der Waals surface area (Å²) in [5.74, 6) is -1.63. The number of nitrogens with two attached hydrogens (primary N) is 1. The molecule has 0 aromatic heterocycles. The summed E-state index contributed by atoms with van der Waals surface area (Å²) in [5.41, 5.74) is 5.65. The van der Waals surface area contributed by atoms with Crippen molar-refractivity contribution in [3.63, 3.8) is 0 Å². The molecule has 2 N–H and O–H groups in total. The van der Waals surface area contributed by atoms with E-state index in [0.717, 1.165) is 64.2 Å². The fourth-order valence-corrected chi connectivity index (χ4v) is 6.05. The minimum absolute atomic E-state index is 0.189. The Balaban J connectivity index is 4.29. The van der Waals surface area contributed by atoms with Crippen LogP contribution in [0.25, 0.3) is 0 Å². The van der Waals surface area contributed by atoms with Gasteiger partial charge in [0.1, 0.15) is 12.7 Å². The maximum absolute atomic E-state index is 12.7. The third-order valence-corrected chi connectivity index (χ3v) is 9.44. The van der Waals surface area contributed by atoms with E-state index in [1.807, 2.05) is 19.0 Å². The van der Waals surface area contributed by atoms with Crippen LogP contribution in [0.2, 0.25) is 0 Å². The Morgan fingerprint density at radius 1 is 0.558 bits per heavy atom. The molecule has 52 heavy (non-hydrogen) atoms. The largest absolute Gasteiger partial charge is 0.463 e. The van der Waals surface area contributed by atoms with Crippen LogP contribution in [-0.4, -0.2) is 68.8 Å². The van der Waals surface area contributed by atoms with Gasteiger partial charge in [0.25, 0.3) is 5.91 Å². The highest BCUT2D eigenvalue weighted by molar-refractivity contribution is 5.83. The van der Waals surface area contributed by atoms with Gasteiger partial charge in [-0.25, -0.2) is 0 Å². The molecule has 0 spiro atoms. The van der Waals surface area contributed by atoms with Gasteiger partial charge in [0.2, 0.25) is 6.10 Å². The van der Waals surface area contributed by atoms with Crippen LogP contribution in [0.1, 0.15) is 194 Å². The molecular weight excluding hydrogens is 652 g/mol. The second-order valence-corrected chi connectivity index (χ2v) is 14.9. The maximum atomic E-state index is 12.7. The second kappa shape index (κ2) is 38.5. The van der Waals surface area contributed by atoms with E-state index < -0.39 is 24.1 Å². The van der Waals surface area contributed by atoms with E-state index in [2.05, 4.69) is 38.2 Å². The molecule has 0 radical (unpaired) electrons. The van der Waals surface area contributed by atoms with E-state index >= 15 is 0 Å². The van der Waals surface area contributed by atoms with E-state index in [4.69, 9.17) is 19.9 Å². The summed E-state index contributed by atoms with van der Waals surface area (Å²) in [6.07, 6.45) is 38.3. The monoisotopic (exact) mass is 735 g/mol. The topological polar surface area (TPSA) is 108 Å². The molecule has 8 nitrogen and oxygen atoms in total. The average molecular weight is 735 g/mol. The first kappa shape index (κ1) is 49.8. The van der Waals surface area contributed by atoms with E-state index in [1.165, 1.54) is 96.3 Å². The van der Waals surface area contributed by atoms with Gasteiger partial charge in [-0.1, -0.05) is 141 Å². The van der Waals surface area contributed by atoms with Gasteiger partial charge < -0.3 is 24.8 Å². The Kier molecular flexibility index (Phi) is 36.9. The SMILES string of the molecule is CCCCCCCC/C=C\CCCCCCCC(=O)OCC(OCCN(C)C)C(OC(=O)CCCCCCC/C=C\CCCCCCCC)C(N)=O. The molecule has 0 saturated heterocycles. The van der Waals surface area contributed by atoms with Crippen molar-refractivity contribution < 1.29 is 28.6 Å². The van der Waals surface area contributed by atoms with Gasteiger partial charge in [0.15, 0.2) is 0 Å². The van der Waals surface area contributed by atoms with E-state index in [0.29, 0.717) is 19.4 Å². The number of nitrogens with zero attached hydrogens (tertiary/aromatic N) is 1. The molecule has 304 valence electrons. The van der Waals surface area contributed by atoms with Crippen LogP contribution in [0.3, 0.4) is 0 Å². The lowest BCUT2D eigenvalue weighted by molar-refractivity contribution is -0.171. The first-order valence-corrected chi connectivity index (χ1v) is 21.5. The minimum Gasteiger partial charge on any atom is -0.463 e. The van der Waals surface area contributed by atoms with Gasteiger partial charge in [-0.2, -0.15) is 0 Å². The average Bonchev–Trinajstić information content (AvgIpc) is 3.11. The molecular formula is C44H82N2O6. The number of carbonyl (C=O) groups is 3. The molecule has 0 aromatic carbocycles. The Bertz CT molecular complexity index is 890. The molecule has 8 heteroatoms. The zero-order valence-corrected chi connectivity index (χ0v) is 34.4. The Labute approximate surface area is 320 Å². The van der Waals surface area contributed by atoms with E-state index in [1.54, 1.807) is 0 Å². The van der Waals surface area contributed by atoms with E-state index in [9.17, 15) is 14.4 Å². The van der Waals surface area contributed by atoms with Crippen LogP contribution < -0.4 is 5.73 Å². The summed E-state index contributed by atoms with van der Waals surface area (Å²) in [5, 5.41) is 0. The number of hydrogen-bond acceptors (Lipinski definition) is 7. The molecule has 2 unspecified atom stereocenters. The molecule has 0 bridgehead atoms. The number of esters is 2. The highest BCUT2D eigenvalue weighted by atomic mass is 16.6.